The summed E-state index contributed by atoms with van der Waals surface area (Å²) in [7, 11) is 0. The molecular formula is C14H11NS2. The number of thiophene rings is 1. The smallest absolute Gasteiger partial charge is 0.124 e. The maximum Gasteiger partial charge on any atom is 0.124 e. The number of benzene rings is 1. The summed E-state index contributed by atoms with van der Waals surface area (Å²) < 4.78 is 0. The first-order valence-electron chi connectivity index (χ1n) is 5.39. The minimum atomic E-state index is 1.08. The van der Waals surface area contributed by atoms with Gasteiger partial charge in [-0.3, -0.25) is 0 Å². The molecule has 0 bridgehead atoms. The first-order chi connectivity index (χ1) is 8.33. The van der Waals surface area contributed by atoms with Crippen LogP contribution >= 0.6 is 22.7 Å². The van der Waals surface area contributed by atoms with Crippen molar-refractivity contribution in [3.63, 3.8) is 0 Å². The van der Waals surface area contributed by atoms with Crippen LogP contribution in [0.3, 0.4) is 0 Å². The molecule has 0 amide bonds. The Morgan fingerprint density at radius 1 is 1.00 bits per heavy atom. The molecule has 0 saturated carbocycles. The molecule has 1 nitrogen and oxygen atoms in total. The molecular weight excluding hydrogens is 246 g/mol. The number of aryl methyl sites for hydroxylation is 1. The largest absolute Gasteiger partial charge is 0.235 e. The van der Waals surface area contributed by atoms with Crippen LogP contribution in [0.2, 0.25) is 0 Å². The van der Waals surface area contributed by atoms with Crippen molar-refractivity contribution in [3.8, 4) is 21.1 Å². The third-order valence-electron chi connectivity index (χ3n) is 2.58. The Balaban J connectivity index is 1.98. The van der Waals surface area contributed by atoms with Crippen molar-refractivity contribution < 1.29 is 0 Å². The maximum absolute atomic E-state index is 4.68. The van der Waals surface area contributed by atoms with E-state index in [-0.39, 0.29) is 0 Å². The molecule has 0 aliphatic rings. The van der Waals surface area contributed by atoms with Gasteiger partial charge >= 0.3 is 0 Å². The third-order valence-corrected chi connectivity index (χ3v) is 4.36. The molecule has 3 heteroatoms. The van der Waals surface area contributed by atoms with Crippen molar-refractivity contribution in [3.05, 3.63) is 52.7 Å². The molecule has 84 valence electrons. The number of hydrogen-bond donors (Lipinski definition) is 0. The van der Waals surface area contributed by atoms with E-state index in [1.807, 2.05) is 0 Å². The standard InChI is InChI=1S/C14H11NS2/c1-10-4-6-11(7-5-10)14-15-12(9-17-14)13-3-2-8-16-13/h2-9H,1H3. The average Bonchev–Trinajstić information content (AvgIpc) is 3.00. The van der Waals surface area contributed by atoms with Gasteiger partial charge in [-0.25, -0.2) is 4.98 Å². The number of rotatable bonds is 2. The minimum absolute atomic E-state index is 1.08. The third kappa shape index (κ3) is 2.16. The highest BCUT2D eigenvalue weighted by atomic mass is 32.1. The molecule has 0 fully saturated rings. The van der Waals surface area contributed by atoms with Crippen LogP contribution in [0.15, 0.2) is 47.2 Å². The van der Waals surface area contributed by atoms with Crippen LogP contribution in [-0.2, 0) is 0 Å². The summed E-state index contributed by atoms with van der Waals surface area (Å²) in [4.78, 5) is 5.92. The van der Waals surface area contributed by atoms with Crippen molar-refractivity contribution in [2.45, 2.75) is 6.92 Å². The molecule has 3 rings (SSSR count). The van der Waals surface area contributed by atoms with Gasteiger partial charge in [0.25, 0.3) is 0 Å². The second-order valence-corrected chi connectivity index (χ2v) is 5.69. The number of aromatic nitrogens is 1. The number of hydrogen-bond acceptors (Lipinski definition) is 3. The molecule has 2 heterocycles. The lowest BCUT2D eigenvalue weighted by atomic mass is 10.2. The van der Waals surface area contributed by atoms with Gasteiger partial charge in [-0.05, 0) is 18.4 Å². The van der Waals surface area contributed by atoms with Crippen LogP contribution in [0.4, 0.5) is 0 Å². The zero-order chi connectivity index (χ0) is 11.7. The van der Waals surface area contributed by atoms with E-state index < -0.39 is 0 Å². The van der Waals surface area contributed by atoms with Crippen LogP contribution in [0.5, 0.6) is 0 Å². The molecule has 0 saturated heterocycles. The van der Waals surface area contributed by atoms with E-state index in [9.17, 15) is 0 Å². The summed E-state index contributed by atoms with van der Waals surface area (Å²) in [5.41, 5.74) is 3.56. The molecule has 17 heavy (non-hydrogen) atoms. The zero-order valence-electron chi connectivity index (χ0n) is 9.38. The van der Waals surface area contributed by atoms with Crippen LogP contribution in [0.25, 0.3) is 21.1 Å². The van der Waals surface area contributed by atoms with Crippen LogP contribution in [0, 0.1) is 6.92 Å². The predicted molar refractivity (Wildman–Crippen MR) is 75.6 cm³/mol. The van der Waals surface area contributed by atoms with E-state index in [0.29, 0.717) is 0 Å². The van der Waals surface area contributed by atoms with Gasteiger partial charge in [0.1, 0.15) is 5.01 Å². The monoisotopic (exact) mass is 257 g/mol. The van der Waals surface area contributed by atoms with Crippen molar-refractivity contribution in [2.75, 3.05) is 0 Å². The molecule has 0 atom stereocenters. The van der Waals surface area contributed by atoms with E-state index in [1.165, 1.54) is 16.0 Å². The first-order valence-corrected chi connectivity index (χ1v) is 7.15. The van der Waals surface area contributed by atoms with Crippen molar-refractivity contribution in [2.24, 2.45) is 0 Å². The van der Waals surface area contributed by atoms with Gasteiger partial charge in [-0.15, -0.1) is 22.7 Å². The van der Waals surface area contributed by atoms with Crippen molar-refractivity contribution >= 4 is 22.7 Å². The van der Waals surface area contributed by atoms with Crippen LogP contribution < -0.4 is 0 Å². The average molecular weight is 257 g/mol. The Morgan fingerprint density at radius 3 is 2.53 bits per heavy atom. The molecule has 0 unspecified atom stereocenters. The molecule has 1 aromatic carbocycles. The first kappa shape index (κ1) is 10.7. The normalized spacial score (nSPS) is 10.6. The number of nitrogens with zero attached hydrogens (tertiary/aromatic N) is 1. The summed E-state index contributed by atoms with van der Waals surface area (Å²) >= 11 is 3.43. The van der Waals surface area contributed by atoms with Gasteiger partial charge in [0.05, 0.1) is 10.6 Å². The van der Waals surface area contributed by atoms with Gasteiger partial charge in [-0.1, -0.05) is 35.9 Å². The predicted octanol–water partition coefficient (Wildman–Crippen LogP) is 4.85. The highest BCUT2D eigenvalue weighted by Gasteiger charge is 2.06. The Kier molecular flexibility index (Phi) is 2.79. The highest BCUT2D eigenvalue weighted by Crippen LogP contribution is 2.30. The number of thiazole rings is 1. The van der Waals surface area contributed by atoms with Gasteiger partial charge < -0.3 is 0 Å². The van der Waals surface area contributed by atoms with E-state index in [1.54, 1.807) is 22.7 Å². The van der Waals surface area contributed by atoms with Gasteiger partial charge in [-0.2, -0.15) is 0 Å². The van der Waals surface area contributed by atoms with E-state index in [2.05, 4.69) is 59.1 Å². The lowest BCUT2D eigenvalue weighted by molar-refractivity contribution is 1.40. The minimum Gasteiger partial charge on any atom is -0.235 e. The van der Waals surface area contributed by atoms with Crippen LogP contribution in [0.1, 0.15) is 5.56 Å². The fourth-order valence-electron chi connectivity index (χ4n) is 1.64. The topological polar surface area (TPSA) is 12.9 Å². The molecule has 0 N–H and O–H groups in total. The van der Waals surface area contributed by atoms with Gasteiger partial charge in [0.2, 0.25) is 0 Å². The Morgan fingerprint density at radius 2 is 1.82 bits per heavy atom. The van der Waals surface area contributed by atoms with Gasteiger partial charge in [0.15, 0.2) is 0 Å². The Bertz CT molecular complexity index is 606. The summed E-state index contributed by atoms with van der Waals surface area (Å²) in [6.45, 7) is 2.10. The molecule has 3 aromatic rings. The SMILES string of the molecule is Cc1ccc(-c2nc(-c3cccs3)cs2)cc1. The summed E-state index contributed by atoms with van der Waals surface area (Å²) in [5.74, 6) is 0. The maximum atomic E-state index is 4.68. The van der Waals surface area contributed by atoms with E-state index in [0.717, 1.165) is 10.7 Å². The lowest BCUT2D eigenvalue weighted by Crippen LogP contribution is -1.77. The lowest BCUT2D eigenvalue weighted by Gasteiger charge is -1.96. The summed E-state index contributed by atoms with van der Waals surface area (Å²) in [6.07, 6.45) is 0. The van der Waals surface area contributed by atoms with Crippen molar-refractivity contribution in [1.82, 2.24) is 4.98 Å². The summed E-state index contributed by atoms with van der Waals surface area (Å²) in [5, 5.41) is 5.30. The molecule has 0 spiro atoms. The second-order valence-electron chi connectivity index (χ2n) is 3.88. The zero-order valence-corrected chi connectivity index (χ0v) is 11.0. The van der Waals surface area contributed by atoms with Crippen LogP contribution in [-0.4, -0.2) is 4.98 Å². The Hall–Kier alpha value is -1.45. The highest BCUT2D eigenvalue weighted by molar-refractivity contribution is 7.15. The molecule has 0 radical (unpaired) electrons. The molecule has 0 aliphatic heterocycles. The summed E-state index contributed by atoms with van der Waals surface area (Å²) in [6, 6.07) is 12.7. The molecule has 0 aliphatic carbocycles. The second kappa shape index (κ2) is 4.43. The van der Waals surface area contributed by atoms with E-state index >= 15 is 0 Å². The fourth-order valence-corrected chi connectivity index (χ4v) is 3.23. The van der Waals surface area contributed by atoms with E-state index in [4.69, 9.17) is 0 Å². The molecule has 2 aromatic heterocycles. The van der Waals surface area contributed by atoms with Crippen molar-refractivity contribution in [1.29, 1.82) is 0 Å². The van der Waals surface area contributed by atoms with Gasteiger partial charge in [0, 0.05) is 10.9 Å². The quantitative estimate of drug-likeness (QED) is 0.639. The fraction of sp³-hybridized carbons (Fsp3) is 0.0714. The Labute approximate surface area is 108 Å².